The molecule has 0 bridgehead atoms. The molecule has 0 aromatic rings. The van der Waals surface area contributed by atoms with E-state index in [0.29, 0.717) is 25.2 Å². The summed E-state index contributed by atoms with van der Waals surface area (Å²) in [6, 6.07) is 0. The fourth-order valence-corrected chi connectivity index (χ4v) is 14.5. The molecule has 63 heavy (non-hydrogen) atoms. The van der Waals surface area contributed by atoms with E-state index in [1.807, 2.05) is 6.92 Å². The highest BCUT2D eigenvalue weighted by molar-refractivity contribution is 5.76. The van der Waals surface area contributed by atoms with Crippen LogP contribution in [0, 0.1) is 50.7 Å². The predicted octanol–water partition coefficient (Wildman–Crippen LogP) is 0.955. The molecule has 8 rings (SSSR count). The third kappa shape index (κ3) is 7.78. The minimum atomic E-state index is -1.82. The Morgan fingerprint density at radius 3 is 2.06 bits per heavy atom. The second-order valence-corrected chi connectivity index (χ2v) is 22.2. The largest absolute Gasteiger partial charge is 0.481 e. The average molecular weight is 899 g/mol. The molecule has 3 heterocycles. The summed E-state index contributed by atoms with van der Waals surface area (Å²) in [7, 11) is 0. The van der Waals surface area contributed by atoms with Crippen LogP contribution in [0.2, 0.25) is 0 Å². The van der Waals surface area contributed by atoms with Crippen molar-refractivity contribution in [2.75, 3.05) is 19.8 Å². The maximum atomic E-state index is 13.0. The Bertz CT molecular complexity index is 1690. The summed E-state index contributed by atoms with van der Waals surface area (Å²) in [6.07, 6.45) is -11.7. The van der Waals surface area contributed by atoms with Gasteiger partial charge >= 0.3 is 5.97 Å². The molecule has 17 nitrogen and oxygen atoms in total. The van der Waals surface area contributed by atoms with Gasteiger partial charge in [0, 0.05) is 5.41 Å². The van der Waals surface area contributed by atoms with Crippen molar-refractivity contribution in [2.45, 2.75) is 198 Å². The van der Waals surface area contributed by atoms with Crippen LogP contribution >= 0.6 is 0 Å². The number of aliphatic hydroxyl groups excluding tert-OH is 9. The first-order chi connectivity index (χ1) is 29.6. The van der Waals surface area contributed by atoms with Gasteiger partial charge in [-0.05, 0) is 111 Å². The van der Waals surface area contributed by atoms with Gasteiger partial charge in [-0.1, -0.05) is 46.3 Å². The number of fused-ring (bicyclic) bond motifs is 7. The normalized spacial score (nSPS) is 54.5. The number of rotatable bonds is 9. The molecule has 10 N–H and O–H groups in total. The Morgan fingerprint density at radius 2 is 1.38 bits per heavy atom. The number of hydrogen-bond acceptors (Lipinski definition) is 16. The molecule has 4 saturated carbocycles. The van der Waals surface area contributed by atoms with Gasteiger partial charge in [-0.3, -0.25) is 4.79 Å². The Kier molecular flexibility index (Phi) is 13.2. The number of carbonyl (C=O) groups is 1. The molecule has 360 valence electrons. The van der Waals surface area contributed by atoms with Gasteiger partial charge in [-0.15, -0.1) is 0 Å². The van der Waals surface area contributed by atoms with Gasteiger partial charge in [-0.25, -0.2) is 0 Å². The fraction of sp³-hybridized carbons (Fsp3) is 0.935. The van der Waals surface area contributed by atoms with Crippen LogP contribution < -0.4 is 0 Å². The van der Waals surface area contributed by atoms with E-state index >= 15 is 0 Å². The van der Waals surface area contributed by atoms with E-state index in [1.165, 1.54) is 12.5 Å². The average Bonchev–Trinajstić information content (AvgIpc) is 3.24. The van der Waals surface area contributed by atoms with Crippen molar-refractivity contribution in [1.82, 2.24) is 0 Å². The SMILES string of the molecule is C[C@@H]1O[C@@H](O[C@H]2[C@H](O[C@H]3CC[C@]4(C)[C@H]5CC=C6[C@H]7CC(C)(C)CC[C@]7(C(=O)O)CC[C@@H]6[C@]5(C)CC[C@@H]4[C@]3(C)CO)OC[C@H](O)[C@@H]2O)[C@H](O)[C@H](O[C@H]2O[C@H](CO)[C@@H](O)[C@H](O)[C@H]2O)[C@H]1O. The molecule has 0 radical (unpaired) electrons. The van der Waals surface area contributed by atoms with E-state index in [4.69, 9.17) is 28.4 Å². The lowest BCUT2D eigenvalue weighted by molar-refractivity contribution is -0.383. The number of aliphatic carboxylic acids is 1. The molecule has 3 aliphatic heterocycles. The Morgan fingerprint density at radius 1 is 0.698 bits per heavy atom. The van der Waals surface area contributed by atoms with Crippen LogP contribution in [-0.4, -0.2) is 169 Å². The third-order valence-corrected chi connectivity index (χ3v) is 18.3. The molecule has 7 fully saturated rings. The zero-order chi connectivity index (χ0) is 45.8. The summed E-state index contributed by atoms with van der Waals surface area (Å²) in [5, 5.41) is 108. The minimum Gasteiger partial charge on any atom is -0.481 e. The van der Waals surface area contributed by atoms with Crippen LogP contribution in [-0.2, 0) is 33.2 Å². The van der Waals surface area contributed by atoms with E-state index in [9.17, 15) is 55.9 Å². The standard InChI is InChI=1S/C46H74O17/c1-21-30(50)36(62-38-34(54)33(53)32(52)26(18-47)60-38)35(55)39(59-21)63-37-31(51)25(49)19-58-40(37)61-29-11-13-44(5)27-8-7-22-23(43(27,4)12-10-28(44)45(29,6)20-48)9-14-46(41(56)57)16-15-42(2,3)17-24(22)46/h7,21,23-40,47-55H,8-20H2,1-6H3,(H,56,57)/t21-,23-,24+,25-,26+,27-,28-,29-,30-,31-,32+,33-,34+,35+,36+,37+,38+,39-,40-,43-,44+,45-,46+/m0/s1. The summed E-state index contributed by atoms with van der Waals surface area (Å²) in [4.78, 5) is 13.0. The molecule has 8 aliphatic rings. The van der Waals surface area contributed by atoms with Crippen molar-refractivity contribution in [2.24, 2.45) is 50.7 Å². The van der Waals surface area contributed by atoms with Crippen LogP contribution in [0.5, 0.6) is 0 Å². The second-order valence-electron chi connectivity index (χ2n) is 22.2. The monoisotopic (exact) mass is 898 g/mol. The molecule has 0 spiro atoms. The maximum Gasteiger partial charge on any atom is 0.310 e. The van der Waals surface area contributed by atoms with E-state index < -0.39 is 116 Å². The zero-order valence-corrected chi connectivity index (χ0v) is 37.6. The lowest BCUT2D eigenvalue weighted by Gasteiger charge is -2.68. The maximum absolute atomic E-state index is 13.0. The lowest BCUT2D eigenvalue weighted by Crippen LogP contribution is -2.66. The van der Waals surface area contributed by atoms with Crippen molar-refractivity contribution in [3.05, 3.63) is 11.6 Å². The molecule has 0 amide bonds. The van der Waals surface area contributed by atoms with Crippen molar-refractivity contribution < 1.29 is 84.3 Å². The molecule has 0 aromatic carbocycles. The molecular weight excluding hydrogens is 824 g/mol. The molecule has 0 aromatic heterocycles. The quantitative estimate of drug-likeness (QED) is 0.114. The number of carboxylic acids is 1. The minimum absolute atomic E-state index is 0.0291. The van der Waals surface area contributed by atoms with Gasteiger partial charge in [0.15, 0.2) is 18.9 Å². The lowest BCUT2D eigenvalue weighted by atomic mass is 9.37. The molecule has 23 atom stereocenters. The highest BCUT2D eigenvalue weighted by Gasteiger charge is 2.67. The summed E-state index contributed by atoms with van der Waals surface area (Å²) < 4.78 is 36.1. The predicted molar refractivity (Wildman–Crippen MR) is 220 cm³/mol. The zero-order valence-electron chi connectivity index (χ0n) is 37.6. The van der Waals surface area contributed by atoms with Crippen LogP contribution in [0.15, 0.2) is 11.6 Å². The number of allylic oxidation sites excluding steroid dienone is 2. The molecule has 0 unspecified atom stereocenters. The summed E-state index contributed by atoms with van der Waals surface area (Å²) >= 11 is 0. The van der Waals surface area contributed by atoms with Crippen molar-refractivity contribution >= 4 is 5.97 Å². The van der Waals surface area contributed by atoms with Crippen LogP contribution in [0.1, 0.15) is 106 Å². The van der Waals surface area contributed by atoms with Crippen LogP contribution in [0.4, 0.5) is 0 Å². The topological polar surface area (TPSA) is 275 Å². The molecule has 3 saturated heterocycles. The van der Waals surface area contributed by atoms with Gasteiger partial charge in [0.1, 0.15) is 61.0 Å². The Balaban J connectivity index is 1.00. The molecular formula is C46H74O17. The van der Waals surface area contributed by atoms with Crippen LogP contribution in [0.25, 0.3) is 0 Å². The second kappa shape index (κ2) is 17.3. The van der Waals surface area contributed by atoms with E-state index in [-0.39, 0.29) is 47.2 Å². The van der Waals surface area contributed by atoms with Gasteiger partial charge < -0.3 is 79.5 Å². The van der Waals surface area contributed by atoms with Crippen molar-refractivity contribution in [3.8, 4) is 0 Å². The van der Waals surface area contributed by atoms with E-state index in [1.54, 1.807) is 0 Å². The first kappa shape index (κ1) is 48.1. The van der Waals surface area contributed by atoms with E-state index in [2.05, 4.69) is 33.8 Å². The van der Waals surface area contributed by atoms with Gasteiger partial charge in [0.25, 0.3) is 0 Å². The number of carboxylic acid groups (broad SMARTS) is 1. The van der Waals surface area contributed by atoms with Gasteiger partial charge in [-0.2, -0.15) is 0 Å². The highest BCUT2D eigenvalue weighted by Crippen LogP contribution is 2.72. The summed E-state index contributed by atoms with van der Waals surface area (Å²) in [5.74, 6) is -0.0137. The number of aliphatic hydroxyl groups is 9. The van der Waals surface area contributed by atoms with Crippen molar-refractivity contribution in [1.29, 1.82) is 0 Å². The van der Waals surface area contributed by atoms with E-state index in [0.717, 1.165) is 44.9 Å². The number of hydrogen-bond donors (Lipinski definition) is 10. The van der Waals surface area contributed by atoms with Crippen LogP contribution in [0.3, 0.4) is 0 Å². The summed E-state index contributed by atoms with van der Waals surface area (Å²) in [6.45, 7) is 11.7. The Labute approximate surface area is 369 Å². The first-order valence-electron chi connectivity index (χ1n) is 23.4. The fourth-order valence-electron chi connectivity index (χ4n) is 14.5. The third-order valence-electron chi connectivity index (χ3n) is 18.3. The summed E-state index contributed by atoms with van der Waals surface area (Å²) in [5.41, 5.74) is -0.269. The highest BCUT2D eigenvalue weighted by atomic mass is 16.8. The number of ether oxygens (including phenoxy) is 6. The Hall–Kier alpha value is -1.39. The van der Waals surface area contributed by atoms with Gasteiger partial charge in [0.2, 0.25) is 0 Å². The molecule has 5 aliphatic carbocycles. The molecule has 17 heteroatoms. The smallest absolute Gasteiger partial charge is 0.310 e. The van der Waals surface area contributed by atoms with Gasteiger partial charge in [0.05, 0.1) is 37.4 Å². The first-order valence-corrected chi connectivity index (χ1v) is 23.4. The van der Waals surface area contributed by atoms with Crippen molar-refractivity contribution in [3.63, 3.8) is 0 Å².